The fraction of sp³-hybridized carbons (Fsp3) is 0.0909. The van der Waals surface area contributed by atoms with Gasteiger partial charge in [0.15, 0.2) is 5.82 Å². The highest BCUT2D eigenvalue weighted by molar-refractivity contribution is 9.11. The summed E-state index contributed by atoms with van der Waals surface area (Å²) in [7, 11) is 0. The topological polar surface area (TPSA) is 41.1 Å². The van der Waals surface area contributed by atoms with E-state index in [1.165, 1.54) is 5.01 Å². The maximum absolute atomic E-state index is 6.15. The van der Waals surface area contributed by atoms with Crippen LogP contribution in [-0.4, -0.2) is 16.9 Å². The van der Waals surface area contributed by atoms with Crippen molar-refractivity contribution in [3.05, 3.63) is 46.2 Å². The molecule has 0 N–H and O–H groups in total. The van der Waals surface area contributed by atoms with Crippen LogP contribution >= 0.6 is 27.5 Å². The second-order valence-electron chi connectivity index (χ2n) is 3.13. The molecule has 0 amide bonds. The first-order chi connectivity index (χ1) is 8.26. The van der Waals surface area contributed by atoms with Crippen LogP contribution in [0.2, 0.25) is 0 Å². The first kappa shape index (κ1) is 12.1. The summed E-state index contributed by atoms with van der Waals surface area (Å²) in [5, 5.41) is 6.11. The number of hydrogen-bond acceptors (Lipinski definition) is 4. The van der Waals surface area contributed by atoms with Crippen molar-refractivity contribution in [2.75, 3.05) is 0 Å². The van der Waals surface area contributed by atoms with Gasteiger partial charge in [-0.3, -0.25) is 0 Å². The summed E-state index contributed by atoms with van der Waals surface area (Å²) in [5.41, 5.74) is 1.60. The van der Waals surface area contributed by atoms with Gasteiger partial charge in [-0.2, -0.15) is 5.10 Å². The Morgan fingerprint density at radius 2 is 2.41 bits per heavy atom. The summed E-state index contributed by atoms with van der Waals surface area (Å²) in [6.45, 7) is 1.81. The summed E-state index contributed by atoms with van der Waals surface area (Å²) < 4.78 is 5.02. The molecule has 0 fully saturated rings. The molecular formula is C11H9BrClN3O. The summed E-state index contributed by atoms with van der Waals surface area (Å²) in [5.74, 6) is 0.604. The van der Waals surface area contributed by atoms with Crippen LogP contribution < -0.4 is 0 Å². The molecule has 2 rings (SSSR count). The second kappa shape index (κ2) is 5.33. The van der Waals surface area contributed by atoms with Crippen LogP contribution in [0.25, 0.3) is 0 Å². The molecule has 88 valence electrons. The van der Waals surface area contributed by atoms with E-state index in [4.69, 9.17) is 16.0 Å². The van der Waals surface area contributed by atoms with Gasteiger partial charge in [-0.05, 0) is 13.0 Å². The summed E-state index contributed by atoms with van der Waals surface area (Å²) >= 11 is 9.39. The fourth-order valence-electron chi connectivity index (χ4n) is 1.34. The zero-order valence-electron chi connectivity index (χ0n) is 8.97. The van der Waals surface area contributed by atoms with Crippen LogP contribution in [0.1, 0.15) is 12.5 Å². The van der Waals surface area contributed by atoms with Crippen molar-refractivity contribution >= 4 is 39.5 Å². The number of hydrogen-bond donors (Lipinski definition) is 0. The van der Waals surface area contributed by atoms with Gasteiger partial charge in [-0.25, -0.2) is 10.0 Å². The quantitative estimate of drug-likeness (QED) is 0.617. The van der Waals surface area contributed by atoms with Crippen molar-refractivity contribution in [1.82, 2.24) is 5.01 Å². The lowest BCUT2D eigenvalue weighted by Crippen LogP contribution is -2.18. The third-order valence-electron chi connectivity index (χ3n) is 2.06. The number of furan rings is 1. The van der Waals surface area contributed by atoms with Crippen molar-refractivity contribution in [1.29, 1.82) is 0 Å². The normalized spacial score (nSPS) is 18.8. The SMILES string of the molecule is C/C=N\N1C(Cl)=CC(c2ccoc2)=N/C1=C\Br. The van der Waals surface area contributed by atoms with Gasteiger partial charge in [-0.1, -0.05) is 27.5 Å². The molecule has 0 atom stereocenters. The monoisotopic (exact) mass is 313 g/mol. The maximum atomic E-state index is 6.15. The van der Waals surface area contributed by atoms with Crippen LogP contribution in [0.3, 0.4) is 0 Å². The summed E-state index contributed by atoms with van der Waals surface area (Å²) in [6, 6.07) is 1.82. The van der Waals surface area contributed by atoms with Gasteiger partial charge in [0.2, 0.25) is 0 Å². The molecule has 17 heavy (non-hydrogen) atoms. The number of allylic oxidation sites excluding steroid dienone is 1. The molecule has 0 aliphatic carbocycles. The second-order valence-corrected chi connectivity index (χ2v) is 3.97. The minimum atomic E-state index is 0.472. The van der Waals surface area contributed by atoms with E-state index in [0.29, 0.717) is 11.0 Å². The Morgan fingerprint density at radius 1 is 1.59 bits per heavy atom. The Bertz CT molecular complexity index is 517. The molecule has 4 nitrogen and oxygen atoms in total. The van der Waals surface area contributed by atoms with Crippen molar-refractivity contribution in [3.8, 4) is 0 Å². The zero-order chi connectivity index (χ0) is 12.3. The molecular weight excluding hydrogens is 305 g/mol. The van der Waals surface area contributed by atoms with Gasteiger partial charge < -0.3 is 4.42 Å². The molecule has 1 aromatic rings. The number of halogens is 2. The standard InChI is InChI=1S/C11H9BrClN3O/c1-2-14-16-10(13)5-9(15-11(16)6-12)8-3-4-17-7-8/h2-7H,1H3/b11-6+,14-2-. The van der Waals surface area contributed by atoms with Gasteiger partial charge in [0.25, 0.3) is 0 Å². The Balaban J connectivity index is 2.41. The number of nitrogens with zero attached hydrogens (tertiary/aromatic N) is 3. The van der Waals surface area contributed by atoms with Crippen LogP contribution in [-0.2, 0) is 0 Å². The fourth-order valence-corrected chi connectivity index (χ4v) is 1.87. The molecule has 0 saturated heterocycles. The average molecular weight is 315 g/mol. The van der Waals surface area contributed by atoms with Crippen LogP contribution in [0.15, 0.2) is 55.1 Å². The summed E-state index contributed by atoms with van der Waals surface area (Å²) in [6.07, 6.45) is 6.59. The lowest BCUT2D eigenvalue weighted by molar-refractivity contribution is 0.478. The molecule has 0 aromatic carbocycles. The predicted octanol–water partition coefficient (Wildman–Crippen LogP) is 3.66. The van der Waals surface area contributed by atoms with Crippen molar-refractivity contribution < 1.29 is 4.42 Å². The largest absolute Gasteiger partial charge is 0.472 e. The molecule has 1 aliphatic rings. The highest BCUT2D eigenvalue weighted by Crippen LogP contribution is 2.25. The molecule has 0 spiro atoms. The Kier molecular flexibility index (Phi) is 3.81. The van der Waals surface area contributed by atoms with Crippen LogP contribution in [0.4, 0.5) is 0 Å². The van der Waals surface area contributed by atoms with E-state index in [1.807, 2.05) is 13.0 Å². The molecule has 0 unspecified atom stereocenters. The molecule has 1 aromatic heterocycles. The number of hydrazone groups is 1. The van der Waals surface area contributed by atoms with Gasteiger partial charge in [0.1, 0.15) is 5.16 Å². The average Bonchev–Trinajstić information content (AvgIpc) is 2.85. The number of rotatable bonds is 2. The molecule has 0 bridgehead atoms. The van der Waals surface area contributed by atoms with Crippen molar-refractivity contribution in [3.63, 3.8) is 0 Å². The van der Waals surface area contributed by atoms with Crippen molar-refractivity contribution in [2.45, 2.75) is 6.92 Å². The molecule has 1 aliphatic heterocycles. The van der Waals surface area contributed by atoms with E-state index >= 15 is 0 Å². The van der Waals surface area contributed by atoms with Gasteiger partial charge in [0, 0.05) is 22.8 Å². The first-order valence-corrected chi connectivity index (χ1v) is 6.13. The smallest absolute Gasteiger partial charge is 0.162 e. The van der Waals surface area contributed by atoms with Gasteiger partial charge in [-0.15, -0.1) is 0 Å². The lowest BCUT2D eigenvalue weighted by Gasteiger charge is -2.21. The van der Waals surface area contributed by atoms with Crippen LogP contribution in [0.5, 0.6) is 0 Å². The Morgan fingerprint density at radius 3 is 3.00 bits per heavy atom. The lowest BCUT2D eigenvalue weighted by atomic mass is 10.2. The van der Waals surface area contributed by atoms with Gasteiger partial charge in [0.05, 0.1) is 18.2 Å². The van der Waals surface area contributed by atoms with E-state index in [0.717, 1.165) is 11.3 Å². The Hall–Kier alpha value is -1.33. The van der Waals surface area contributed by atoms with E-state index < -0.39 is 0 Å². The zero-order valence-corrected chi connectivity index (χ0v) is 11.3. The third-order valence-corrected chi connectivity index (χ3v) is 2.73. The third kappa shape index (κ3) is 2.50. The molecule has 0 radical (unpaired) electrons. The van der Waals surface area contributed by atoms with E-state index in [9.17, 15) is 0 Å². The highest BCUT2D eigenvalue weighted by atomic mass is 79.9. The maximum Gasteiger partial charge on any atom is 0.162 e. The predicted molar refractivity (Wildman–Crippen MR) is 72.2 cm³/mol. The number of aliphatic imine (C=N–C) groups is 1. The minimum Gasteiger partial charge on any atom is -0.472 e. The molecule has 6 heteroatoms. The minimum absolute atomic E-state index is 0.472. The summed E-state index contributed by atoms with van der Waals surface area (Å²) in [4.78, 5) is 6.08. The van der Waals surface area contributed by atoms with Crippen molar-refractivity contribution in [2.24, 2.45) is 10.1 Å². The van der Waals surface area contributed by atoms with E-state index in [-0.39, 0.29) is 0 Å². The van der Waals surface area contributed by atoms with E-state index in [1.54, 1.807) is 29.8 Å². The van der Waals surface area contributed by atoms with Crippen LogP contribution in [0, 0.1) is 0 Å². The molecule has 2 heterocycles. The highest BCUT2D eigenvalue weighted by Gasteiger charge is 2.19. The first-order valence-electron chi connectivity index (χ1n) is 4.84. The Labute approximate surface area is 112 Å². The molecule has 0 saturated carbocycles. The van der Waals surface area contributed by atoms with Gasteiger partial charge >= 0.3 is 0 Å². The van der Waals surface area contributed by atoms with E-state index in [2.05, 4.69) is 26.0 Å².